The van der Waals surface area contributed by atoms with Crippen molar-refractivity contribution in [1.29, 1.82) is 0 Å². The molecular weight excluding hydrogens is 250 g/mol. The smallest absolute Gasteiger partial charge is 0.219 e. The van der Waals surface area contributed by atoms with Gasteiger partial charge in [-0.05, 0) is 11.6 Å². The number of methoxy groups -OCH3 is 1. The first-order valence-corrected chi connectivity index (χ1v) is 7.10. The summed E-state index contributed by atoms with van der Waals surface area (Å²) in [6.07, 6.45) is 6.69. The van der Waals surface area contributed by atoms with Gasteiger partial charge >= 0.3 is 0 Å². The molecule has 1 aromatic rings. The lowest BCUT2D eigenvalue weighted by molar-refractivity contribution is 0.0333. The molecule has 0 aromatic heterocycles. The van der Waals surface area contributed by atoms with Gasteiger partial charge in [-0.15, -0.1) is 0 Å². The van der Waals surface area contributed by atoms with E-state index in [0.717, 1.165) is 5.56 Å². The maximum absolute atomic E-state index is 11.7. The maximum atomic E-state index is 11.7. The van der Waals surface area contributed by atoms with E-state index in [-0.39, 0.29) is 0 Å². The number of hydrogen-bond acceptors (Lipinski definition) is 3. The van der Waals surface area contributed by atoms with E-state index >= 15 is 0 Å². The molecule has 0 spiro atoms. The normalized spacial score (nSPS) is 27.3. The Kier molecular flexibility index (Phi) is 3.38. The van der Waals surface area contributed by atoms with E-state index in [1.54, 1.807) is 24.3 Å². The lowest BCUT2D eigenvalue weighted by Gasteiger charge is -2.36. The first-order valence-electron chi connectivity index (χ1n) is 5.49. The van der Waals surface area contributed by atoms with Gasteiger partial charge in [0.2, 0.25) is 10.0 Å². The molecule has 0 radical (unpaired) electrons. The Balaban J connectivity index is 2.61. The predicted molar refractivity (Wildman–Crippen MR) is 70.3 cm³/mol. The van der Waals surface area contributed by atoms with Gasteiger partial charge in [-0.3, -0.25) is 0 Å². The van der Waals surface area contributed by atoms with Crippen molar-refractivity contribution in [3.05, 3.63) is 60.2 Å². The first kappa shape index (κ1) is 13.0. The van der Waals surface area contributed by atoms with Crippen molar-refractivity contribution in [2.24, 2.45) is 5.14 Å². The topological polar surface area (TPSA) is 69.4 Å². The number of benzene rings is 1. The molecule has 0 saturated carbocycles. The predicted octanol–water partition coefficient (Wildman–Crippen LogP) is 1.31. The molecule has 2 atom stereocenters. The minimum atomic E-state index is -3.76. The molecule has 96 valence electrons. The largest absolute Gasteiger partial charge is 0.368 e. The SMILES string of the molecule is COC1(c2ccccc2)C=CC=CC1S(N)(=O)=O. The fraction of sp³-hybridized carbons (Fsp3) is 0.231. The molecule has 2 rings (SSSR count). The van der Waals surface area contributed by atoms with Gasteiger partial charge in [-0.2, -0.15) is 0 Å². The molecule has 1 aliphatic carbocycles. The lowest BCUT2D eigenvalue weighted by atomic mass is 9.87. The summed E-state index contributed by atoms with van der Waals surface area (Å²) < 4.78 is 29.0. The van der Waals surface area contributed by atoms with Gasteiger partial charge in [0.25, 0.3) is 0 Å². The summed E-state index contributed by atoms with van der Waals surface area (Å²) in [5, 5.41) is 4.38. The Morgan fingerprint density at radius 2 is 1.89 bits per heavy atom. The fourth-order valence-corrected chi connectivity index (χ4v) is 3.32. The van der Waals surface area contributed by atoms with E-state index in [4.69, 9.17) is 9.88 Å². The van der Waals surface area contributed by atoms with Crippen molar-refractivity contribution in [3.8, 4) is 0 Å². The molecule has 2 unspecified atom stereocenters. The van der Waals surface area contributed by atoms with Crippen LogP contribution >= 0.6 is 0 Å². The third-order valence-corrected chi connectivity index (χ3v) is 4.30. The van der Waals surface area contributed by atoms with E-state index in [1.165, 1.54) is 7.11 Å². The van der Waals surface area contributed by atoms with Gasteiger partial charge in [0, 0.05) is 7.11 Å². The Bertz CT molecular complexity index is 578. The number of rotatable bonds is 3. The third-order valence-electron chi connectivity index (χ3n) is 3.08. The van der Waals surface area contributed by atoms with Crippen LogP contribution in [-0.4, -0.2) is 20.8 Å². The third kappa shape index (κ3) is 2.12. The summed E-state index contributed by atoms with van der Waals surface area (Å²) in [5.74, 6) is 0. The van der Waals surface area contributed by atoms with Crippen molar-refractivity contribution in [3.63, 3.8) is 0 Å². The summed E-state index contributed by atoms with van der Waals surface area (Å²) in [4.78, 5) is 0. The highest BCUT2D eigenvalue weighted by Crippen LogP contribution is 2.36. The number of ether oxygens (including phenoxy) is 1. The molecule has 0 amide bonds. The zero-order chi connectivity index (χ0) is 13.2. The van der Waals surface area contributed by atoms with Crippen LogP contribution in [-0.2, 0) is 20.4 Å². The van der Waals surface area contributed by atoms with Crippen molar-refractivity contribution in [2.75, 3.05) is 7.11 Å². The molecule has 0 aliphatic heterocycles. The summed E-state index contributed by atoms with van der Waals surface area (Å²) >= 11 is 0. The Morgan fingerprint density at radius 3 is 2.44 bits per heavy atom. The maximum Gasteiger partial charge on any atom is 0.219 e. The number of primary sulfonamides is 1. The second-order valence-corrected chi connectivity index (χ2v) is 5.80. The average molecular weight is 265 g/mol. The highest BCUT2D eigenvalue weighted by molar-refractivity contribution is 7.90. The van der Waals surface area contributed by atoms with Crippen molar-refractivity contribution in [1.82, 2.24) is 0 Å². The minimum Gasteiger partial charge on any atom is -0.368 e. The van der Waals surface area contributed by atoms with Crippen LogP contribution in [0.4, 0.5) is 0 Å². The van der Waals surface area contributed by atoms with Crippen LogP contribution in [0.2, 0.25) is 0 Å². The molecule has 1 aromatic carbocycles. The fourth-order valence-electron chi connectivity index (χ4n) is 2.22. The van der Waals surface area contributed by atoms with E-state index in [2.05, 4.69) is 0 Å². The monoisotopic (exact) mass is 265 g/mol. The van der Waals surface area contributed by atoms with E-state index in [0.29, 0.717) is 0 Å². The van der Waals surface area contributed by atoms with Crippen LogP contribution in [0.3, 0.4) is 0 Å². The molecule has 4 nitrogen and oxygen atoms in total. The number of sulfonamides is 1. The van der Waals surface area contributed by atoms with E-state index in [1.807, 2.05) is 30.3 Å². The van der Waals surface area contributed by atoms with Gasteiger partial charge in [0.15, 0.2) is 0 Å². The molecule has 2 N–H and O–H groups in total. The number of allylic oxidation sites excluding steroid dienone is 2. The zero-order valence-electron chi connectivity index (χ0n) is 9.98. The average Bonchev–Trinajstić information content (AvgIpc) is 2.38. The zero-order valence-corrected chi connectivity index (χ0v) is 10.8. The van der Waals surface area contributed by atoms with Gasteiger partial charge in [-0.1, -0.05) is 48.6 Å². The lowest BCUT2D eigenvalue weighted by Crippen LogP contribution is -2.47. The second-order valence-electron chi connectivity index (χ2n) is 4.12. The van der Waals surface area contributed by atoms with Gasteiger partial charge in [-0.25, -0.2) is 13.6 Å². The molecule has 0 bridgehead atoms. The standard InChI is InChI=1S/C13H15NO3S/c1-17-13(11-7-3-2-4-8-11)10-6-5-9-12(13)18(14,15)16/h2-10,12H,1H3,(H2,14,15,16). The Morgan fingerprint density at radius 1 is 1.22 bits per heavy atom. The first-order chi connectivity index (χ1) is 8.50. The van der Waals surface area contributed by atoms with Gasteiger partial charge in [0.05, 0.1) is 0 Å². The molecule has 1 aliphatic rings. The van der Waals surface area contributed by atoms with Crippen LogP contribution in [0, 0.1) is 0 Å². The molecule has 0 saturated heterocycles. The van der Waals surface area contributed by atoms with Crippen LogP contribution in [0.5, 0.6) is 0 Å². The minimum absolute atomic E-state index is 0.757. The molecule has 0 heterocycles. The van der Waals surface area contributed by atoms with E-state index in [9.17, 15) is 8.42 Å². The summed E-state index contributed by atoms with van der Waals surface area (Å²) in [5.41, 5.74) is -0.309. The van der Waals surface area contributed by atoms with Gasteiger partial charge in [0.1, 0.15) is 10.9 Å². The summed E-state index contributed by atoms with van der Waals surface area (Å²) in [7, 11) is -2.28. The van der Waals surface area contributed by atoms with Crippen LogP contribution in [0.15, 0.2) is 54.6 Å². The van der Waals surface area contributed by atoms with Crippen LogP contribution < -0.4 is 5.14 Å². The highest BCUT2D eigenvalue weighted by atomic mass is 32.2. The van der Waals surface area contributed by atoms with Crippen molar-refractivity contribution >= 4 is 10.0 Å². The quantitative estimate of drug-likeness (QED) is 0.896. The molecule has 0 fully saturated rings. The highest BCUT2D eigenvalue weighted by Gasteiger charge is 2.44. The Labute approximate surface area is 107 Å². The van der Waals surface area contributed by atoms with Crippen LogP contribution in [0.1, 0.15) is 5.56 Å². The summed E-state index contributed by atoms with van der Waals surface area (Å²) in [6.45, 7) is 0. The molecule has 5 heteroatoms. The summed E-state index contributed by atoms with van der Waals surface area (Å²) in [6, 6.07) is 9.18. The molecular formula is C13H15NO3S. The number of nitrogens with two attached hydrogens (primary N) is 1. The van der Waals surface area contributed by atoms with Crippen LogP contribution in [0.25, 0.3) is 0 Å². The second kappa shape index (κ2) is 4.68. The van der Waals surface area contributed by atoms with Gasteiger partial charge < -0.3 is 4.74 Å². The van der Waals surface area contributed by atoms with E-state index < -0.39 is 20.9 Å². The molecule has 18 heavy (non-hydrogen) atoms. The van der Waals surface area contributed by atoms with Crippen molar-refractivity contribution in [2.45, 2.75) is 10.9 Å². The van der Waals surface area contributed by atoms with Crippen molar-refractivity contribution < 1.29 is 13.2 Å². The number of hydrogen-bond donors (Lipinski definition) is 1. The Hall–Kier alpha value is -1.43.